The average molecular weight is 519 g/mol. The number of amides is 1. The van der Waals surface area contributed by atoms with E-state index in [0.717, 1.165) is 34.4 Å². The summed E-state index contributed by atoms with van der Waals surface area (Å²) in [5.74, 6) is -2.70. The number of allylic oxidation sites excluding steroid dienone is 4. The summed E-state index contributed by atoms with van der Waals surface area (Å²) in [4.78, 5) is 21.6. The molecule has 0 aliphatic heterocycles. The zero-order chi connectivity index (χ0) is 26.6. The highest BCUT2D eigenvalue weighted by molar-refractivity contribution is 7.08. The lowest BCUT2D eigenvalue weighted by atomic mass is 9.91. The molecule has 2 atom stereocenters. The fourth-order valence-corrected chi connectivity index (χ4v) is 4.55. The SMILES string of the molecule is CC1=C(N)C(=NO)CC=C1[C@H]1C[C@H]1C(=O)Nc1ccc(-c2cscc2C#N)cc1.O=C(O)C(F)(F)F. The maximum atomic E-state index is 12.7. The molecule has 2 aliphatic rings. The molecule has 1 heterocycles. The maximum absolute atomic E-state index is 12.7. The van der Waals surface area contributed by atoms with Crippen molar-refractivity contribution in [1.82, 2.24) is 0 Å². The Balaban J connectivity index is 0.000000454. The number of carbonyl (C=O) groups is 2. The molecular weight excluding hydrogens is 497 g/mol. The number of halogens is 3. The predicted octanol–water partition coefficient (Wildman–Crippen LogP) is 4.89. The largest absolute Gasteiger partial charge is 0.490 e. The van der Waals surface area contributed by atoms with Crippen LogP contribution in [0.4, 0.5) is 18.9 Å². The van der Waals surface area contributed by atoms with Crippen molar-refractivity contribution in [3.63, 3.8) is 0 Å². The summed E-state index contributed by atoms with van der Waals surface area (Å²) >= 11 is 1.50. The van der Waals surface area contributed by atoms with Gasteiger partial charge in [0.2, 0.25) is 5.91 Å². The van der Waals surface area contributed by atoms with Crippen LogP contribution in [0.3, 0.4) is 0 Å². The van der Waals surface area contributed by atoms with Gasteiger partial charge in [0.05, 0.1) is 11.3 Å². The molecule has 1 amide bonds. The van der Waals surface area contributed by atoms with E-state index < -0.39 is 12.1 Å². The topological polar surface area (TPSA) is 149 Å². The highest BCUT2D eigenvalue weighted by Crippen LogP contribution is 2.48. The first-order valence-electron chi connectivity index (χ1n) is 10.5. The van der Waals surface area contributed by atoms with Crippen molar-refractivity contribution in [2.24, 2.45) is 22.7 Å². The number of aliphatic carboxylic acids is 1. The van der Waals surface area contributed by atoms with E-state index in [4.69, 9.17) is 20.8 Å². The van der Waals surface area contributed by atoms with Gasteiger partial charge in [-0.1, -0.05) is 23.4 Å². The van der Waals surface area contributed by atoms with E-state index in [1.54, 1.807) is 0 Å². The predicted molar refractivity (Wildman–Crippen MR) is 127 cm³/mol. The maximum Gasteiger partial charge on any atom is 0.490 e. The van der Waals surface area contributed by atoms with Crippen molar-refractivity contribution in [3.8, 4) is 17.2 Å². The lowest BCUT2D eigenvalue weighted by Crippen LogP contribution is -2.21. The number of nitrogens with two attached hydrogens (primary N) is 1. The number of carbonyl (C=O) groups excluding carboxylic acids is 1. The number of nitrogens with one attached hydrogen (secondary N) is 1. The van der Waals surface area contributed by atoms with Crippen LogP contribution in [0.5, 0.6) is 0 Å². The number of rotatable bonds is 4. The van der Waals surface area contributed by atoms with E-state index >= 15 is 0 Å². The molecule has 1 saturated carbocycles. The number of alkyl halides is 3. The van der Waals surface area contributed by atoms with Crippen LogP contribution in [-0.4, -0.2) is 34.1 Å². The highest BCUT2D eigenvalue weighted by Gasteiger charge is 2.46. The molecule has 4 rings (SSSR count). The van der Waals surface area contributed by atoms with Crippen LogP contribution in [-0.2, 0) is 9.59 Å². The standard InChI is InChI=1S/C22H20N4O2S.C2HF3O2/c1-12-16(6-7-20(26-28)21(12)24)17-8-18(17)22(27)25-15-4-2-13(3-5-15)19-11-29-10-14(19)9-23;3-2(4,5)1(6)7/h2-6,10-11,17-18,28H,7-8,24H2,1H3,(H,25,27);(H,6,7)/t17-,18-;/m1./s1. The molecular formula is C24H21F3N4O4S. The first-order valence-corrected chi connectivity index (χ1v) is 11.5. The third-order valence-electron chi connectivity index (χ3n) is 5.80. The Morgan fingerprint density at radius 3 is 2.44 bits per heavy atom. The number of oxime groups is 1. The minimum Gasteiger partial charge on any atom is -0.475 e. The van der Waals surface area contributed by atoms with Gasteiger partial charge in [-0.25, -0.2) is 4.79 Å². The molecule has 36 heavy (non-hydrogen) atoms. The van der Waals surface area contributed by atoms with E-state index in [1.165, 1.54) is 11.3 Å². The second kappa shape index (κ2) is 10.7. The van der Waals surface area contributed by atoms with Gasteiger partial charge in [0.25, 0.3) is 0 Å². The molecule has 0 unspecified atom stereocenters. The van der Waals surface area contributed by atoms with Gasteiger partial charge in [-0.2, -0.15) is 29.8 Å². The van der Waals surface area contributed by atoms with Crippen LogP contribution in [0.25, 0.3) is 11.1 Å². The Bertz CT molecular complexity index is 1300. The average Bonchev–Trinajstić information content (AvgIpc) is 3.49. The quantitative estimate of drug-likeness (QED) is 0.335. The van der Waals surface area contributed by atoms with Crippen molar-refractivity contribution in [3.05, 3.63) is 63.5 Å². The van der Waals surface area contributed by atoms with Gasteiger partial charge in [0.1, 0.15) is 11.8 Å². The Morgan fingerprint density at radius 2 is 1.89 bits per heavy atom. The van der Waals surface area contributed by atoms with Gasteiger partial charge in [-0.15, -0.1) is 0 Å². The first kappa shape index (κ1) is 26.5. The van der Waals surface area contributed by atoms with Gasteiger partial charge < -0.3 is 21.4 Å². The third kappa shape index (κ3) is 5.92. The number of nitrogens with zero attached hydrogens (tertiary/aromatic N) is 2. The number of thiophene rings is 1. The normalized spacial score (nSPS) is 20.1. The van der Waals surface area contributed by atoms with E-state index in [1.807, 2.05) is 48.0 Å². The number of carboxylic acid groups (broad SMARTS) is 1. The smallest absolute Gasteiger partial charge is 0.475 e. The lowest BCUT2D eigenvalue weighted by molar-refractivity contribution is -0.192. The molecule has 0 radical (unpaired) electrons. The minimum absolute atomic E-state index is 0.00936. The highest BCUT2D eigenvalue weighted by atomic mass is 32.1. The molecule has 0 saturated heterocycles. The number of hydrogen-bond acceptors (Lipinski definition) is 7. The molecule has 0 bridgehead atoms. The van der Waals surface area contributed by atoms with Crippen LogP contribution >= 0.6 is 11.3 Å². The Labute approximate surface area is 207 Å². The molecule has 1 aromatic heterocycles. The summed E-state index contributed by atoms with van der Waals surface area (Å²) in [7, 11) is 0. The number of carboxylic acids is 1. The van der Waals surface area contributed by atoms with Crippen molar-refractivity contribution in [2.45, 2.75) is 25.9 Å². The monoisotopic (exact) mass is 518 g/mol. The van der Waals surface area contributed by atoms with Gasteiger partial charge in [-0.3, -0.25) is 4.79 Å². The van der Waals surface area contributed by atoms with E-state index in [2.05, 4.69) is 16.5 Å². The van der Waals surface area contributed by atoms with Crippen LogP contribution in [0.1, 0.15) is 25.3 Å². The van der Waals surface area contributed by atoms with Crippen molar-refractivity contribution in [1.29, 1.82) is 5.26 Å². The molecule has 1 aromatic carbocycles. The zero-order valence-electron chi connectivity index (χ0n) is 18.8. The van der Waals surface area contributed by atoms with Gasteiger partial charge in [0.15, 0.2) is 0 Å². The van der Waals surface area contributed by atoms with E-state index in [0.29, 0.717) is 23.4 Å². The number of anilines is 1. The molecule has 12 heteroatoms. The van der Waals surface area contributed by atoms with E-state index in [-0.39, 0.29) is 17.7 Å². The molecule has 0 spiro atoms. The van der Waals surface area contributed by atoms with Crippen LogP contribution < -0.4 is 11.1 Å². The van der Waals surface area contributed by atoms with Gasteiger partial charge in [0, 0.05) is 29.0 Å². The number of hydrogen-bond donors (Lipinski definition) is 4. The summed E-state index contributed by atoms with van der Waals surface area (Å²) in [5.41, 5.74) is 12.2. The van der Waals surface area contributed by atoms with Crippen LogP contribution in [0.2, 0.25) is 0 Å². The van der Waals surface area contributed by atoms with Crippen molar-refractivity contribution >= 4 is 34.6 Å². The summed E-state index contributed by atoms with van der Waals surface area (Å²) in [6, 6.07) is 9.74. The molecule has 188 valence electrons. The first-order chi connectivity index (χ1) is 17.0. The number of nitriles is 1. The fourth-order valence-electron chi connectivity index (χ4n) is 3.77. The number of benzene rings is 1. The fraction of sp³-hybridized carbons (Fsp3) is 0.250. The third-order valence-corrected chi connectivity index (χ3v) is 6.54. The second-order valence-corrected chi connectivity index (χ2v) is 8.82. The summed E-state index contributed by atoms with van der Waals surface area (Å²) in [6.45, 7) is 1.90. The molecule has 5 N–H and O–H groups in total. The van der Waals surface area contributed by atoms with E-state index in [9.17, 15) is 23.2 Å². The van der Waals surface area contributed by atoms with Crippen molar-refractivity contribution < 1.29 is 33.1 Å². The van der Waals surface area contributed by atoms with Crippen LogP contribution in [0.15, 0.2) is 63.1 Å². The molecule has 2 aliphatic carbocycles. The Kier molecular flexibility index (Phi) is 7.84. The van der Waals surface area contributed by atoms with Gasteiger partial charge >= 0.3 is 12.1 Å². The Morgan fingerprint density at radius 1 is 1.25 bits per heavy atom. The van der Waals surface area contributed by atoms with Crippen molar-refractivity contribution in [2.75, 3.05) is 5.32 Å². The molecule has 8 nitrogen and oxygen atoms in total. The summed E-state index contributed by atoms with van der Waals surface area (Å²) in [5, 5.41) is 35.3. The minimum atomic E-state index is -5.08. The molecule has 1 fully saturated rings. The summed E-state index contributed by atoms with van der Waals surface area (Å²) < 4.78 is 31.7. The lowest BCUT2D eigenvalue weighted by Gasteiger charge is -2.17. The van der Waals surface area contributed by atoms with Crippen LogP contribution in [0, 0.1) is 23.2 Å². The molecule has 2 aromatic rings. The Hall–Kier alpha value is -4.11. The summed E-state index contributed by atoms with van der Waals surface area (Å²) in [6.07, 6.45) is -1.82. The zero-order valence-corrected chi connectivity index (χ0v) is 19.7. The second-order valence-electron chi connectivity index (χ2n) is 8.08. The van der Waals surface area contributed by atoms with Gasteiger partial charge in [-0.05, 0) is 53.5 Å².